The third-order valence-electron chi connectivity index (χ3n) is 3.43. The molecule has 1 aromatic rings. The Bertz CT molecular complexity index is 463. The molecule has 0 spiro atoms. The van der Waals surface area contributed by atoms with Crippen molar-refractivity contribution in [3.63, 3.8) is 0 Å². The van der Waals surface area contributed by atoms with Gasteiger partial charge < -0.3 is 10.2 Å². The number of nitrogens with one attached hydrogen (secondary N) is 1. The lowest BCUT2D eigenvalue weighted by Gasteiger charge is -2.19. The van der Waals surface area contributed by atoms with Gasteiger partial charge >= 0.3 is 6.18 Å². The van der Waals surface area contributed by atoms with Crippen LogP contribution in [0.2, 0.25) is 0 Å². The van der Waals surface area contributed by atoms with Gasteiger partial charge in [0.2, 0.25) is 0 Å². The van der Waals surface area contributed by atoms with Crippen LogP contribution in [-0.2, 0) is 0 Å². The molecular formula is C13H20F3N5. The summed E-state index contributed by atoms with van der Waals surface area (Å²) in [5, 5.41) is 3.20. The van der Waals surface area contributed by atoms with E-state index in [1.807, 2.05) is 19.0 Å². The lowest BCUT2D eigenvalue weighted by atomic mass is 10.1. The molecule has 5 nitrogen and oxygen atoms in total. The average Bonchev–Trinajstić information content (AvgIpc) is 2.82. The zero-order chi connectivity index (χ0) is 15.5. The fraction of sp³-hybridized carbons (Fsp3) is 0.692. The highest BCUT2D eigenvalue weighted by Crippen LogP contribution is 2.24. The van der Waals surface area contributed by atoms with Crippen LogP contribution in [0.4, 0.5) is 24.8 Å². The second-order valence-corrected chi connectivity index (χ2v) is 5.51. The third kappa shape index (κ3) is 4.73. The van der Waals surface area contributed by atoms with E-state index < -0.39 is 12.7 Å². The molecule has 8 heteroatoms. The maximum atomic E-state index is 12.3. The predicted octanol–water partition coefficient (Wildman–Crippen LogP) is 1.84. The molecule has 0 radical (unpaired) electrons. The van der Waals surface area contributed by atoms with E-state index in [0.717, 1.165) is 12.2 Å². The Morgan fingerprint density at radius 3 is 2.71 bits per heavy atom. The van der Waals surface area contributed by atoms with Crippen LogP contribution in [-0.4, -0.2) is 61.3 Å². The van der Waals surface area contributed by atoms with Crippen molar-refractivity contribution >= 4 is 11.6 Å². The standard InChI is InChI=1S/C13H20F3N5/c1-20(2)12-11(17-4-5-18-12)19-7-10-3-6-21(8-10)9-13(14,15)16/h4-5,10H,3,6-9H2,1-2H3,(H,17,19)/t10-/m1/s1. The van der Waals surface area contributed by atoms with Crippen LogP contribution in [0, 0.1) is 5.92 Å². The van der Waals surface area contributed by atoms with Crippen molar-refractivity contribution in [3.8, 4) is 0 Å². The fourth-order valence-corrected chi connectivity index (χ4v) is 2.50. The number of likely N-dealkylation sites (tertiary alicyclic amines) is 1. The Hall–Kier alpha value is -1.57. The van der Waals surface area contributed by atoms with E-state index in [1.165, 1.54) is 4.90 Å². The fourth-order valence-electron chi connectivity index (χ4n) is 2.50. The van der Waals surface area contributed by atoms with Crippen molar-refractivity contribution in [1.82, 2.24) is 14.9 Å². The number of alkyl halides is 3. The van der Waals surface area contributed by atoms with Gasteiger partial charge in [0, 0.05) is 39.6 Å². The number of rotatable bonds is 5. The van der Waals surface area contributed by atoms with Gasteiger partial charge in [-0.05, 0) is 18.9 Å². The third-order valence-corrected chi connectivity index (χ3v) is 3.43. The summed E-state index contributed by atoms with van der Waals surface area (Å²) >= 11 is 0. The van der Waals surface area contributed by atoms with Crippen molar-refractivity contribution in [1.29, 1.82) is 0 Å². The molecule has 0 bridgehead atoms. The minimum atomic E-state index is -4.12. The quantitative estimate of drug-likeness (QED) is 0.899. The summed E-state index contributed by atoms with van der Waals surface area (Å²) in [6.07, 6.45) is -0.146. The Balaban J connectivity index is 1.85. The van der Waals surface area contributed by atoms with E-state index in [4.69, 9.17) is 0 Å². The van der Waals surface area contributed by atoms with Crippen LogP contribution < -0.4 is 10.2 Å². The normalized spacial score (nSPS) is 19.8. The molecule has 0 amide bonds. The largest absolute Gasteiger partial charge is 0.401 e. The molecule has 0 aromatic carbocycles. The van der Waals surface area contributed by atoms with Crippen LogP contribution in [0.15, 0.2) is 12.4 Å². The number of halogens is 3. The number of anilines is 2. The molecule has 1 saturated heterocycles. The van der Waals surface area contributed by atoms with Crippen molar-refractivity contribution in [2.75, 3.05) is 50.5 Å². The maximum absolute atomic E-state index is 12.3. The Morgan fingerprint density at radius 2 is 2.05 bits per heavy atom. The summed E-state index contributed by atoms with van der Waals surface area (Å²) in [5.41, 5.74) is 0. The van der Waals surface area contributed by atoms with Crippen LogP contribution in [0.3, 0.4) is 0 Å². The molecular weight excluding hydrogens is 283 g/mol. The molecule has 1 atom stereocenters. The van der Waals surface area contributed by atoms with Gasteiger partial charge in [-0.3, -0.25) is 4.90 Å². The molecule has 0 aliphatic carbocycles. The summed E-state index contributed by atoms with van der Waals surface area (Å²) in [7, 11) is 3.74. The summed E-state index contributed by atoms with van der Waals surface area (Å²) in [5.74, 6) is 1.59. The summed E-state index contributed by atoms with van der Waals surface area (Å²) < 4.78 is 37.0. The number of aromatic nitrogens is 2. The lowest BCUT2D eigenvalue weighted by molar-refractivity contribution is -0.143. The topological polar surface area (TPSA) is 44.3 Å². The van der Waals surface area contributed by atoms with E-state index in [-0.39, 0.29) is 5.92 Å². The maximum Gasteiger partial charge on any atom is 0.401 e. The van der Waals surface area contributed by atoms with Gasteiger partial charge in [-0.1, -0.05) is 0 Å². The highest BCUT2D eigenvalue weighted by Gasteiger charge is 2.34. The van der Waals surface area contributed by atoms with Crippen LogP contribution in [0.1, 0.15) is 6.42 Å². The summed E-state index contributed by atoms with van der Waals surface area (Å²) in [6.45, 7) is 0.739. The lowest BCUT2D eigenvalue weighted by Crippen LogP contribution is -2.33. The summed E-state index contributed by atoms with van der Waals surface area (Å²) in [6, 6.07) is 0. The van der Waals surface area contributed by atoms with Gasteiger partial charge in [0.25, 0.3) is 0 Å². The van der Waals surface area contributed by atoms with Crippen molar-refractivity contribution in [3.05, 3.63) is 12.4 Å². The minimum absolute atomic E-state index is 0.198. The van der Waals surface area contributed by atoms with Gasteiger partial charge in [0.1, 0.15) is 0 Å². The van der Waals surface area contributed by atoms with Gasteiger partial charge in [0.15, 0.2) is 11.6 Å². The van der Waals surface area contributed by atoms with Crippen molar-refractivity contribution in [2.45, 2.75) is 12.6 Å². The van der Waals surface area contributed by atoms with E-state index in [1.54, 1.807) is 12.4 Å². The molecule has 1 aromatic heterocycles. The van der Waals surface area contributed by atoms with Crippen molar-refractivity contribution < 1.29 is 13.2 Å². The Kier molecular flexibility index (Phi) is 4.87. The molecule has 2 heterocycles. The first-order valence-corrected chi connectivity index (χ1v) is 6.86. The van der Waals surface area contributed by atoms with Crippen LogP contribution >= 0.6 is 0 Å². The SMILES string of the molecule is CN(C)c1nccnc1NC[C@H]1CCN(CC(F)(F)F)C1. The van der Waals surface area contributed by atoms with Gasteiger partial charge in [-0.2, -0.15) is 13.2 Å². The number of nitrogens with zero attached hydrogens (tertiary/aromatic N) is 4. The number of hydrogen-bond donors (Lipinski definition) is 1. The molecule has 0 saturated carbocycles. The van der Waals surface area contributed by atoms with Crippen LogP contribution in [0.5, 0.6) is 0 Å². The molecule has 2 rings (SSSR count). The smallest absolute Gasteiger partial charge is 0.367 e. The zero-order valence-electron chi connectivity index (χ0n) is 12.2. The van der Waals surface area contributed by atoms with Gasteiger partial charge in [-0.15, -0.1) is 0 Å². The summed E-state index contributed by atoms with van der Waals surface area (Å²) in [4.78, 5) is 11.8. The molecule has 1 aliphatic heterocycles. The molecule has 1 fully saturated rings. The van der Waals surface area contributed by atoms with Gasteiger partial charge in [0.05, 0.1) is 6.54 Å². The molecule has 0 unspecified atom stereocenters. The van der Waals surface area contributed by atoms with E-state index in [9.17, 15) is 13.2 Å². The number of hydrogen-bond acceptors (Lipinski definition) is 5. The Morgan fingerprint density at radius 1 is 1.33 bits per heavy atom. The second kappa shape index (κ2) is 6.46. The predicted molar refractivity (Wildman–Crippen MR) is 75.5 cm³/mol. The Labute approximate surface area is 122 Å². The molecule has 1 aliphatic rings. The zero-order valence-corrected chi connectivity index (χ0v) is 12.2. The first-order chi connectivity index (χ1) is 9.85. The monoisotopic (exact) mass is 303 g/mol. The highest BCUT2D eigenvalue weighted by molar-refractivity contribution is 5.59. The first kappa shape index (κ1) is 15.8. The first-order valence-electron chi connectivity index (χ1n) is 6.86. The van der Waals surface area contributed by atoms with Crippen LogP contribution in [0.25, 0.3) is 0 Å². The molecule has 1 N–H and O–H groups in total. The van der Waals surface area contributed by atoms with E-state index in [0.29, 0.717) is 25.5 Å². The highest BCUT2D eigenvalue weighted by atomic mass is 19.4. The van der Waals surface area contributed by atoms with E-state index in [2.05, 4.69) is 15.3 Å². The average molecular weight is 303 g/mol. The van der Waals surface area contributed by atoms with Crippen molar-refractivity contribution in [2.24, 2.45) is 5.92 Å². The molecule has 118 valence electrons. The molecule has 21 heavy (non-hydrogen) atoms. The van der Waals surface area contributed by atoms with Gasteiger partial charge in [-0.25, -0.2) is 9.97 Å². The second-order valence-electron chi connectivity index (χ2n) is 5.51. The minimum Gasteiger partial charge on any atom is -0.367 e. The van der Waals surface area contributed by atoms with E-state index >= 15 is 0 Å².